The SMILES string of the molecule is CC1(C)CN(C(=O)CCOCC(F)F)CCN1. The molecule has 6 heteroatoms. The van der Waals surface area contributed by atoms with E-state index in [4.69, 9.17) is 4.74 Å². The van der Waals surface area contributed by atoms with E-state index in [1.165, 1.54) is 0 Å². The van der Waals surface area contributed by atoms with Gasteiger partial charge in [-0.3, -0.25) is 4.79 Å². The summed E-state index contributed by atoms with van der Waals surface area (Å²) in [5.74, 6) is -0.0335. The average molecular weight is 250 g/mol. The molecule has 4 nitrogen and oxygen atoms in total. The maximum Gasteiger partial charge on any atom is 0.261 e. The van der Waals surface area contributed by atoms with Crippen LogP contribution < -0.4 is 5.32 Å². The van der Waals surface area contributed by atoms with Crippen LogP contribution in [-0.4, -0.2) is 55.6 Å². The topological polar surface area (TPSA) is 41.6 Å². The molecule has 0 saturated carbocycles. The van der Waals surface area contributed by atoms with Crippen LogP contribution in [0.25, 0.3) is 0 Å². The van der Waals surface area contributed by atoms with Crippen molar-refractivity contribution in [1.82, 2.24) is 10.2 Å². The predicted octanol–water partition coefficient (Wildman–Crippen LogP) is 0.869. The highest BCUT2D eigenvalue weighted by Crippen LogP contribution is 2.11. The summed E-state index contributed by atoms with van der Waals surface area (Å²) in [5, 5.41) is 3.30. The fourth-order valence-electron chi connectivity index (χ4n) is 1.84. The Morgan fingerprint density at radius 1 is 1.53 bits per heavy atom. The van der Waals surface area contributed by atoms with Crippen LogP contribution in [0.3, 0.4) is 0 Å². The lowest BCUT2D eigenvalue weighted by Gasteiger charge is -2.39. The van der Waals surface area contributed by atoms with Gasteiger partial charge in [-0.2, -0.15) is 0 Å². The van der Waals surface area contributed by atoms with Crippen molar-refractivity contribution >= 4 is 5.91 Å². The average Bonchev–Trinajstić information content (AvgIpc) is 2.22. The number of ether oxygens (including phenoxy) is 1. The minimum absolute atomic E-state index is 0.0335. The zero-order valence-electron chi connectivity index (χ0n) is 10.3. The van der Waals surface area contributed by atoms with E-state index in [-0.39, 0.29) is 24.5 Å². The lowest BCUT2D eigenvalue weighted by Crippen LogP contribution is -2.58. The van der Waals surface area contributed by atoms with Gasteiger partial charge in [0.1, 0.15) is 6.61 Å². The molecule has 0 atom stereocenters. The zero-order valence-corrected chi connectivity index (χ0v) is 10.3. The van der Waals surface area contributed by atoms with Crippen LogP contribution in [0.15, 0.2) is 0 Å². The van der Waals surface area contributed by atoms with Gasteiger partial charge in [0, 0.05) is 25.2 Å². The highest BCUT2D eigenvalue weighted by molar-refractivity contribution is 5.76. The van der Waals surface area contributed by atoms with Crippen molar-refractivity contribution in [2.45, 2.75) is 32.2 Å². The molecule has 0 aromatic heterocycles. The second-order valence-corrected chi connectivity index (χ2v) is 4.84. The number of alkyl halides is 2. The van der Waals surface area contributed by atoms with E-state index in [1.807, 2.05) is 13.8 Å². The quantitative estimate of drug-likeness (QED) is 0.736. The van der Waals surface area contributed by atoms with Gasteiger partial charge in [0.05, 0.1) is 13.0 Å². The molecule has 0 radical (unpaired) electrons. The van der Waals surface area contributed by atoms with Gasteiger partial charge in [0.25, 0.3) is 6.43 Å². The monoisotopic (exact) mass is 250 g/mol. The number of hydrogen-bond acceptors (Lipinski definition) is 3. The Balaban J connectivity index is 2.23. The summed E-state index contributed by atoms with van der Waals surface area (Å²) < 4.78 is 28.3. The van der Waals surface area contributed by atoms with Crippen LogP contribution in [0.2, 0.25) is 0 Å². The number of rotatable bonds is 5. The van der Waals surface area contributed by atoms with E-state index in [0.717, 1.165) is 6.54 Å². The zero-order chi connectivity index (χ0) is 12.9. The van der Waals surface area contributed by atoms with E-state index < -0.39 is 13.0 Å². The maximum absolute atomic E-state index is 11.8. The molecule has 0 unspecified atom stereocenters. The molecule has 0 aromatic carbocycles. The fourth-order valence-corrected chi connectivity index (χ4v) is 1.84. The molecule has 0 spiro atoms. The summed E-state index contributed by atoms with van der Waals surface area (Å²) in [5.41, 5.74) is -0.0856. The van der Waals surface area contributed by atoms with Crippen molar-refractivity contribution in [3.8, 4) is 0 Å². The molecule has 1 fully saturated rings. The Hall–Kier alpha value is -0.750. The molecular weight excluding hydrogens is 230 g/mol. The standard InChI is InChI=1S/C11H20F2N2O2/c1-11(2)8-15(5-4-14-11)10(16)3-6-17-7-9(12)13/h9,14H,3-8H2,1-2H3. The van der Waals surface area contributed by atoms with Crippen LogP contribution >= 0.6 is 0 Å². The minimum atomic E-state index is -2.47. The number of hydrogen-bond donors (Lipinski definition) is 1. The molecular formula is C11H20F2N2O2. The first kappa shape index (κ1) is 14.3. The summed E-state index contributed by atoms with van der Waals surface area (Å²) in [6.45, 7) is 5.59. The van der Waals surface area contributed by atoms with Crippen molar-refractivity contribution in [3.05, 3.63) is 0 Å². The number of nitrogens with one attached hydrogen (secondary N) is 1. The van der Waals surface area contributed by atoms with Crippen LogP contribution in [0.5, 0.6) is 0 Å². The van der Waals surface area contributed by atoms with Crippen molar-refractivity contribution in [2.24, 2.45) is 0 Å². The van der Waals surface area contributed by atoms with Gasteiger partial charge in [0.15, 0.2) is 0 Å². The smallest absolute Gasteiger partial charge is 0.261 e. The molecule has 1 rings (SSSR count). The van der Waals surface area contributed by atoms with Gasteiger partial charge in [-0.1, -0.05) is 0 Å². The highest BCUT2D eigenvalue weighted by atomic mass is 19.3. The fraction of sp³-hybridized carbons (Fsp3) is 0.909. The number of halogens is 2. The first-order chi connectivity index (χ1) is 7.91. The number of carbonyl (C=O) groups excluding carboxylic acids is 1. The van der Waals surface area contributed by atoms with Crippen molar-refractivity contribution in [2.75, 3.05) is 32.8 Å². The molecule has 0 aliphatic carbocycles. The van der Waals surface area contributed by atoms with Gasteiger partial charge in [-0.15, -0.1) is 0 Å². The van der Waals surface area contributed by atoms with Crippen LogP contribution in [-0.2, 0) is 9.53 Å². The third-order valence-electron chi connectivity index (χ3n) is 2.63. The number of carbonyl (C=O) groups is 1. The third-order valence-corrected chi connectivity index (χ3v) is 2.63. The van der Waals surface area contributed by atoms with E-state index in [2.05, 4.69) is 5.32 Å². The second kappa shape index (κ2) is 6.26. The molecule has 1 heterocycles. The van der Waals surface area contributed by atoms with Gasteiger partial charge >= 0.3 is 0 Å². The molecule has 17 heavy (non-hydrogen) atoms. The highest BCUT2D eigenvalue weighted by Gasteiger charge is 2.28. The lowest BCUT2D eigenvalue weighted by molar-refractivity contribution is -0.134. The lowest BCUT2D eigenvalue weighted by atomic mass is 10.0. The summed E-state index contributed by atoms with van der Waals surface area (Å²) >= 11 is 0. The van der Waals surface area contributed by atoms with E-state index in [1.54, 1.807) is 4.90 Å². The van der Waals surface area contributed by atoms with Gasteiger partial charge in [-0.25, -0.2) is 8.78 Å². The van der Waals surface area contributed by atoms with Gasteiger partial charge in [-0.05, 0) is 13.8 Å². The Kier molecular flexibility index (Phi) is 5.27. The molecule has 1 saturated heterocycles. The van der Waals surface area contributed by atoms with Crippen molar-refractivity contribution in [3.63, 3.8) is 0 Å². The summed E-state index contributed by atoms with van der Waals surface area (Å²) in [6, 6.07) is 0. The van der Waals surface area contributed by atoms with Gasteiger partial charge in [0.2, 0.25) is 5.91 Å². The minimum Gasteiger partial charge on any atom is -0.375 e. The predicted molar refractivity (Wildman–Crippen MR) is 60.1 cm³/mol. The summed E-state index contributed by atoms with van der Waals surface area (Å²) in [4.78, 5) is 13.5. The molecule has 0 bridgehead atoms. The summed E-state index contributed by atoms with van der Waals surface area (Å²) in [7, 11) is 0. The van der Waals surface area contributed by atoms with E-state index in [0.29, 0.717) is 13.1 Å². The molecule has 1 N–H and O–H groups in total. The van der Waals surface area contributed by atoms with Crippen LogP contribution in [0.1, 0.15) is 20.3 Å². The number of piperazine rings is 1. The van der Waals surface area contributed by atoms with E-state index >= 15 is 0 Å². The van der Waals surface area contributed by atoms with Gasteiger partial charge < -0.3 is 15.0 Å². The molecule has 0 aromatic rings. The Bertz CT molecular complexity index is 260. The Morgan fingerprint density at radius 3 is 2.82 bits per heavy atom. The molecule has 1 aliphatic rings. The van der Waals surface area contributed by atoms with E-state index in [9.17, 15) is 13.6 Å². The van der Waals surface area contributed by atoms with Crippen LogP contribution in [0, 0.1) is 0 Å². The largest absolute Gasteiger partial charge is 0.375 e. The second-order valence-electron chi connectivity index (χ2n) is 4.84. The summed E-state index contributed by atoms with van der Waals surface area (Å²) in [6.07, 6.45) is -2.30. The molecule has 1 amide bonds. The first-order valence-electron chi connectivity index (χ1n) is 5.79. The van der Waals surface area contributed by atoms with Crippen molar-refractivity contribution in [1.29, 1.82) is 0 Å². The Labute approximate surface area is 100 Å². The molecule has 100 valence electrons. The van der Waals surface area contributed by atoms with Crippen molar-refractivity contribution < 1.29 is 18.3 Å². The normalized spacial score (nSPS) is 19.7. The van der Waals surface area contributed by atoms with Crippen LogP contribution in [0.4, 0.5) is 8.78 Å². The first-order valence-corrected chi connectivity index (χ1v) is 5.79. The maximum atomic E-state index is 11.8. The number of nitrogens with zero attached hydrogens (tertiary/aromatic N) is 1. The Morgan fingerprint density at radius 2 is 2.24 bits per heavy atom. The third kappa shape index (κ3) is 5.41. The number of amides is 1. The molecule has 1 aliphatic heterocycles.